The number of nitrogens with zero attached hydrogens (tertiary/aromatic N) is 10. The summed E-state index contributed by atoms with van der Waals surface area (Å²) >= 11 is 0. The molecule has 5 aromatic rings. The largest absolute Gasteiger partial charge is 0.384 e. The minimum Gasteiger partial charge on any atom is -0.384 e. The van der Waals surface area contributed by atoms with Crippen LogP contribution in [0.15, 0.2) is 47.7 Å². The van der Waals surface area contributed by atoms with Crippen LogP contribution in [0.3, 0.4) is 0 Å². The van der Waals surface area contributed by atoms with Crippen molar-refractivity contribution in [3.05, 3.63) is 70.2 Å². The maximum atomic E-state index is 13.8. The second-order valence-electron chi connectivity index (χ2n) is 18.4. The first-order valence-electron chi connectivity index (χ1n) is 22.2. The summed E-state index contributed by atoms with van der Waals surface area (Å²) in [4.78, 5) is 63.5. The number of piperazine rings is 1. The number of amides is 3. The average molecular weight is 859 g/mol. The highest BCUT2D eigenvalue weighted by Crippen LogP contribution is 2.36. The van der Waals surface area contributed by atoms with Gasteiger partial charge in [0.2, 0.25) is 11.8 Å². The van der Waals surface area contributed by atoms with E-state index in [9.17, 15) is 24.3 Å². The fourth-order valence-corrected chi connectivity index (χ4v) is 10.3. The van der Waals surface area contributed by atoms with E-state index in [-0.39, 0.29) is 42.5 Å². The lowest BCUT2D eigenvalue weighted by molar-refractivity contribution is -0.135. The molecule has 10 rings (SSSR count). The van der Waals surface area contributed by atoms with E-state index < -0.39 is 17.6 Å². The summed E-state index contributed by atoms with van der Waals surface area (Å²) in [5.41, 5.74) is 2.20. The molecule has 1 unspecified atom stereocenters. The smallest absolute Gasteiger partial charge is 0.329 e. The quantitative estimate of drug-likeness (QED) is 0.145. The van der Waals surface area contributed by atoms with Crippen molar-refractivity contribution in [1.82, 2.24) is 48.6 Å². The van der Waals surface area contributed by atoms with Crippen LogP contribution >= 0.6 is 0 Å². The van der Waals surface area contributed by atoms with Gasteiger partial charge in [0.15, 0.2) is 5.65 Å². The number of ether oxygens (including phenoxy) is 1. The first-order valence-corrected chi connectivity index (χ1v) is 22.2. The molecule has 18 nitrogen and oxygen atoms in total. The lowest BCUT2D eigenvalue weighted by Gasteiger charge is -2.37. The number of imide groups is 1. The molecule has 18 heteroatoms. The minimum absolute atomic E-state index is 0.161. The first kappa shape index (κ1) is 41.2. The van der Waals surface area contributed by atoms with Gasteiger partial charge in [-0.15, -0.1) is 0 Å². The van der Waals surface area contributed by atoms with Gasteiger partial charge in [0, 0.05) is 65.1 Å². The van der Waals surface area contributed by atoms with Gasteiger partial charge in [0.25, 0.3) is 5.91 Å². The number of para-hydroxylation sites is 1. The van der Waals surface area contributed by atoms with Crippen LogP contribution in [0, 0.1) is 17.8 Å². The van der Waals surface area contributed by atoms with Gasteiger partial charge >= 0.3 is 5.69 Å². The number of anilines is 2. The van der Waals surface area contributed by atoms with Gasteiger partial charge in [0.1, 0.15) is 28.7 Å². The summed E-state index contributed by atoms with van der Waals surface area (Å²) < 4.78 is 12.4. The molecule has 5 aliphatic rings. The Morgan fingerprint density at radius 3 is 2.56 bits per heavy atom. The molecule has 0 spiro atoms. The van der Waals surface area contributed by atoms with Gasteiger partial charge in [-0.05, 0) is 76.5 Å². The number of aromatic nitrogens is 7. The van der Waals surface area contributed by atoms with Gasteiger partial charge in [-0.25, -0.2) is 14.3 Å². The number of nitrogens with one attached hydrogen (secondary N) is 2. The van der Waals surface area contributed by atoms with Crippen molar-refractivity contribution < 1.29 is 24.2 Å². The first-order chi connectivity index (χ1) is 30.4. The van der Waals surface area contributed by atoms with E-state index in [4.69, 9.17) is 14.8 Å². The van der Waals surface area contributed by atoms with E-state index in [1.807, 2.05) is 41.3 Å². The van der Waals surface area contributed by atoms with Crippen LogP contribution in [0.25, 0.3) is 16.7 Å². The number of morpholine rings is 1. The number of hydrogen-bond acceptors (Lipinski definition) is 12. The molecule has 3 atom stereocenters. The van der Waals surface area contributed by atoms with Crippen molar-refractivity contribution in [2.75, 3.05) is 62.6 Å². The number of hydrogen-bond donors (Lipinski definition) is 3. The number of aliphatic hydroxyl groups is 1. The molecule has 4 aliphatic heterocycles. The van der Waals surface area contributed by atoms with Crippen LogP contribution in [0.2, 0.25) is 0 Å². The topological polar surface area (TPSA) is 189 Å². The van der Waals surface area contributed by atoms with Gasteiger partial charge in [-0.2, -0.15) is 10.2 Å². The maximum absolute atomic E-state index is 13.8. The summed E-state index contributed by atoms with van der Waals surface area (Å²) in [7, 11) is 1.69. The molecule has 5 fully saturated rings. The highest BCUT2D eigenvalue weighted by atomic mass is 16.5. The van der Waals surface area contributed by atoms with Crippen molar-refractivity contribution in [1.29, 1.82) is 0 Å². The third-order valence-electron chi connectivity index (χ3n) is 13.7. The SMILES string of the molecule is Cn1c(=O)n(C2CCC(=O)NC2=O)c2cccc(C#CCN3CCN(CC4CCC(n5cc(NC(=O)c6cnn7ccc(N8C[C@H]9C[C@@H]8CO9)nc67)c(C(C)(C)O)n5)CC4)CC3)c21. The van der Waals surface area contributed by atoms with Crippen LogP contribution in [0.5, 0.6) is 0 Å². The van der Waals surface area contributed by atoms with Gasteiger partial charge < -0.3 is 25.0 Å². The molecule has 330 valence electrons. The summed E-state index contributed by atoms with van der Waals surface area (Å²) in [5.74, 6) is 6.89. The number of aryl methyl sites for hydroxylation is 1. The van der Waals surface area contributed by atoms with E-state index in [0.717, 1.165) is 82.8 Å². The second-order valence-corrected chi connectivity index (χ2v) is 18.4. The van der Waals surface area contributed by atoms with Crippen molar-refractivity contribution in [2.45, 2.75) is 88.6 Å². The summed E-state index contributed by atoms with van der Waals surface area (Å²) in [6.45, 7) is 10.3. The Morgan fingerprint density at radius 1 is 1.03 bits per heavy atom. The molecule has 4 saturated heterocycles. The number of carbonyl (C=O) groups excluding carboxylic acids is 3. The average Bonchev–Trinajstić information content (AvgIpc) is 4.12. The summed E-state index contributed by atoms with van der Waals surface area (Å²) in [6, 6.07) is 7.23. The Bertz CT molecular complexity index is 2720. The lowest BCUT2D eigenvalue weighted by Crippen LogP contribution is -2.48. The molecular formula is C45H54N12O6. The molecule has 63 heavy (non-hydrogen) atoms. The Hall–Kier alpha value is -5.87. The Morgan fingerprint density at radius 2 is 1.83 bits per heavy atom. The highest BCUT2D eigenvalue weighted by molar-refractivity contribution is 6.08. The number of fused-ring (bicyclic) bond motifs is 4. The number of rotatable bonds is 9. The molecule has 1 saturated carbocycles. The molecule has 2 bridgehead atoms. The Labute approximate surface area is 364 Å². The number of piperidine rings is 1. The van der Waals surface area contributed by atoms with Crippen molar-refractivity contribution >= 4 is 45.9 Å². The van der Waals surface area contributed by atoms with Crippen LogP contribution in [0.1, 0.15) is 92.5 Å². The van der Waals surface area contributed by atoms with Crippen molar-refractivity contribution in [3.8, 4) is 11.8 Å². The van der Waals surface area contributed by atoms with E-state index in [2.05, 4.69) is 42.3 Å². The van der Waals surface area contributed by atoms with E-state index in [1.165, 1.54) is 10.8 Å². The van der Waals surface area contributed by atoms with Crippen LogP contribution in [0.4, 0.5) is 11.5 Å². The third-order valence-corrected chi connectivity index (χ3v) is 13.7. The second kappa shape index (κ2) is 16.4. The minimum atomic E-state index is -1.28. The van der Waals surface area contributed by atoms with Crippen LogP contribution in [-0.2, 0) is 27.0 Å². The molecule has 4 aromatic heterocycles. The van der Waals surface area contributed by atoms with Crippen LogP contribution < -0.4 is 21.2 Å². The molecule has 1 aliphatic carbocycles. The van der Waals surface area contributed by atoms with E-state index in [1.54, 1.807) is 30.0 Å². The monoisotopic (exact) mass is 858 g/mol. The zero-order chi connectivity index (χ0) is 43.6. The standard InChI is InChI=1S/C45H54N12O6/c1-45(2,62)40-34(47-42(59)33-23-46-55-17-15-37(48-41(33)55)54-25-32-22-31(54)27-63-32)26-56(50-40)30-11-9-28(10-12-30)24-53-20-18-52(19-21-53)16-5-7-29-6-4-8-35-39(29)51(3)44(61)57(35)36-13-14-38(58)49-43(36)60/h4,6,8,15,17,23,26,28,30-32,36,62H,9-14,16,18-22,24-25,27H2,1-3H3,(H,47,59)(H,49,58,60)/t28?,30?,31-,32-,36?/m1/s1. The zero-order valence-corrected chi connectivity index (χ0v) is 36.0. The highest BCUT2D eigenvalue weighted by Gasteiger charge is 2.40. The van der Waals surface area contributed by atoms with Crippen LogP contribution in [-0.4, -0.2) is 131 Å². The summed E-state index contributed by atoms with van der Waals surface area (Å²) in [6.07, 6.45) is 11.0. The predicted molar refractivity (Wildman–Crippen MR) is 233 cm³/mol. The Balaban J connectivity index is 0.728. The molecular weight excluding hydrogens is 805 g/mol. The predicted octanol–water partition coefficient (Wildman–Crippen LogP) is 2.41. The number of carbonyl (C=O) groups is 3. The number of imidazole rings is 1. The van der Waals surface area contributed by atoms with Gasteiger partial charge in [-0.1, -0.05) is 17.9 Å². The normalized spacial score (nSPS) is 24.6. The van der Waals surface area contributed by atoms with E-state index >= 15 is 0 Å². The number of benzene rings is 1. The molecule has 1 aromatic carbocycles. The third kappa shape index (κ3) is 7.92. The molecule has 3 N–H and O–H groups in total. The van der Waals surface area contributed by atoms with E-state index in [0.29, 0.717) is 58.7 Å². The van der Waals surface area contributed by atoms with Gasteiger partial charge in [-0.3, -0.25) is 38.4 Å². The van der Waals surface area contributed by atoms with Gasteiger partial charge in [0.05, 0.1) is 59.8 Å². The molecule has 3 amide bonds. The molecule has 8 heterocycles. The fourth-order valence-electron chi connectivity index (χ4n) is 10.3. The zero-order valence-electron chi connectivity index (χ0n) is 36.0. The van der Waals surface area contributed by atoms with Crippen molar-refractivity contribution in [2.24, 2.45) is 13.0 Å². The lowest BCUT2D eigenvalue weighted by atomic mass is 9.85. The Kier molecular flexibility index (Phi) is 10.7. The maximum Gasteiger partial charge on any atom is 0.329 e. The fraction of sp³-hybridized carbons (Fsp3) is 0.533. The van der Waals surface area contributed by atoms with Crippen molar-refractivity contribution in [3.63, 3.8) is 0 Å². The summed E-state index contributed by atoms with van der Waals surface area (Å²) in [5, 5.41) is 25.8. The molecule has 0 radical (unpaired) electrons.